The number of rotatable bonds is 6. The summed E-state index contributed by atoms with van der Waals surface area (Å²) in [5.41, 5.74) is -2.36. The van der Waals surface area contributed by atoms with E-state index in [2.05, 4.69) is 0 Å². The van der Waals surface area contributed by atoms with Gasteiger partial charge in [-0.15, -0.1) is 0 Å². The van der Waals surface area contributed by atoms with E-state index >= 15 is 0 Å². The number of ketones is 1. The number of aromatic nitrogens is 2. The van der Waals surface area contributed by atoms with Gasteiger partial charge in [0.05, 0.1) is 17.7 Å². The quantitative estimate of drug-likeness (QED) is 0.551. The lowest BCUT2D eigenvalue weighted by atomic mass is 10.2. The van der Waals surface area contributed by atoms with Crippen LogP contribution in [0.5, 0.6) is 0 Å². The SMILES string of the molecule is CCCn1cc([N+](=O)[O-])c(=O)n(CC(=O)C2CC2)c1=O. The van der Waals surface area contributed by atoms with E-state index in [4.69, 9.17) is 0 Å². The highest BCUT2D eigenvalue weighted by molar-refractivity contribution is 5.82. The van der Waals surface area contributed by atoms with Crippen LogP contribution >= 0.6 is 0 Å². The van der Waals surface area contributed by atoms with E-state index < -0.39 is 21.9 Å². The summed E-state index contributed by atoms with van der Waals surface area (Å²) in [6, 6.07) is 0. The molecule has 1 aromatic rings. The number of carbonyl (C=O) groups excluding carboxylic acids is 1. The van der Waals surface area contributed by atoms with Crippen LogP contribution in [-0.2, 0) is 17.9 Å². The molecule has 0 spiro atoms. The Labute approximate surface area is 113 Å². The number of aryl methyl sites for hydroxylation is 1. The molecule has 2 rings (SSSR count). The molecule has 1 aliphatic rings. The molecule has 0 atom stereocenters. The van der Waals surface area contributed by atoms with Crippen LogP contribution in [-0.4, -0.2) is 19.8 Å². The first-order valence-corrected chi connectivity index (χ1v) is 6.47. The average Bonchev–Trinajstić information content (AvgIpc) is 3.21. The maximum absolute atomic E-state index is 12.1. The van der Waals surface area contributed by atoms with Crippen molar-refractivity contribution in [2.24, 2.45) is 5.92 Å². The summed E-state index contributed by atoms with van der Waals surface area (Å²) < 4.78 is 1.79. The number of Topliss-reactive ketones (excluding diaryl/α,β-unsaturated/α-hetero) is 1. The van der Waals surface area contributed by atoms with E-state index in [0.717, 1.165) is 23.6 Å². The molecule has 0 amide bonds. The molecule has 0 N–H and O–H groups in total. The van der Waals surface area contributed by atoms with Crippen LogP contribution in [0.25, 0.3) is 0 Å². The Morgan fingerprint density at radius 1 is 1.45 bits per heavy atom. The van der Waals surface area contributed by atoms with Crippen LogP contribution in [0.4, 0.5) is 5.69 Å². The highest BCUT2D eigenvalue weighted by Crippen LogP contribution is 2.29. The largest absolute Gasteiger partial charge is 0.350 e. The summed E-state index contributed by atoms with van der Waals surface area (Å²) in [4.78, 5) is 45.8. The summed E-state index contributed by atoms with van der Waals surface area (Å²) in [6.07, 6.45) is 3.05. The van der Waals surface area contributed by atoms with Gasteiger partial charge in [0, 0.05) is 12.5 Å². The van der Waals surface area contributed by atoms with Gasteiger partial charge in [0.2, 0.25) is 0 Å². The second-order valence-corrected chi connectivity index (χ2v) is 4.88. The first-order chi connectivity index (χ1) is 9.45. The van der Waals surface area contributed by atoms with Gasteiger partial charge >= 0.3 is 16.9 Å². The number of hydrogen-bond acceptors (Lipinski definition) is 5. The fourth-order valence-corrected chi connectivity index (χ4v) is 1.99. The van der Waals surface area contributed by atoms with Gasteiger partial charge in [0.15, 0.2) is 5.78 Å². The van der Waals surface area contributed by atoms with Crippen LogP contribution in [0, 0.1) is 16.0 Å². The van der Waals surface area contributed by atoms with Gasteiger partial charge in [-0.3, -0.25) is 24.3 Å². The third kappa shape index (κ3) is 2.68. The molecule has 1 heterocycles. The fourth-order valence-electron chi connectivity index (χ4n) is 1.99. The van der Waals surface area contributed by atoms with Crippen LogP contribution in [0.3, 0.4) is 0 Å². The lowest BCUT2D eigenvalue weighted by molar-refractivity contribution is -0.387. The predicted molar refractivity (Wildman–Crippen MR) is 69.6 cm³/mol. The van der Waals surface area contributed by atoms with Crippen molar-refractivity contribution in [1.29, 1.82) is 0 Å². The number of nitro groups is 1. The zero-order valence-electron chi connectivity index (χ0n) is 11.1. The van der Waals surface area contributed by atoms with E-state index in [1.807, 2.05) is 6.92 Å². The van der Waals surface area contributed by atoms with Crippen LogP contribution in [0.15, 0.2) is 15.8 Å². The first kappa shape index (κ1) is 14.2. The Balaban J connectivity index is 2.51. The van der Waals surface area contributed by atoms with Crippen molar-refractivity contribution < 1.29 is 9.72 Å². The highest BCUT2D eigenvalue weighted by atomic mass is 16.6. The van der Waals surface area contributed by atoms with Gasteiger partial charge < -0.3 is 0 Å². The van der Waals surface area contributed by atoms with Crippen LogP contribution in [0.1, 0.15) is 26.2 Å². The standard InChI is InChI=1S/C12H15N3O5/c1-2-5-13-6-9(15(19)20)11(17)14(12(13)18)7-10(16)8-3-4-8/h6,8H,2-5,7H2,1H3. The summed E-state index contributed by atoms with van der Waals surface area (Å²) in [5, 5.41) is 10.9. The smallest absolute Gasteiger partial charge is 0.297 e. The maximum atomic E-state index is 12.1. The zero-order chi connectivity index (χ0) is 14.9. The van der Waals surface area contributed by atoms with Gasteiger partial charge in [0.1, 0.15) is 0 Å². The molecule has 0 aromatic carbocycles. The number of hydrogen-bond donors (Lipinski definition) is 0. The van der Waals surface area contributed by atoms with E-state index in [-0.39, 0.29) is 24.8 Å². The second-order valence-electron chi connectivity index (χ2n) is 4.88. The van der Waals surface area contributed by atoms with Crippen molar-refractivity contribution in [3.8, 4) is 0 Å². The second kappa shape index (κ2) is 5.40. The van der Waals surface area contributed by atoms with Gasteiger partial charge in [-0.1, -0.05) is 6.92 Å². The molecule has 20 heavy (non-hydrogen) atoms. The Morgan fingerprint density at radius 2 is 2.10 bits per heavy atom. The number of carbonyl (C=O) groups is 1. The summed E-state index contributed by atoms with van der Waals surface area (Å²) in [7, 11) is 0. The van der Waals surface area contributed by atoms with Crippen LogP contribution in [0.2, 0.25) is 0 Å². The van der Waals surface area contributed by atoms with E-state index in [9.17, 15) is 24.5 Å². The Bertz CT molecular complexity index is 669. The minimum absolute atomic E-state index is 0.111. The molecular formula is C12H15N3O5. The van der Waals surface area contributed by atoms with Crippen molar-refractivity contribution in [2.45, 2.75) is 39.3 Å². The number of nitrogens with zero attached hydrogens (tertiary/aromatic N) is 3. The molecule has 1 fully saturated rings. The molecular weight excluding hydrogens is 266 g/mol. The molecule has 1 saturated carbocycles. The average molecular weight is 281 g/mol. The van der Waals surface area contributed by atoms with Crippen molar-refractivity contribution in [3.63, 3.8) is 0 Å². The predicted octanol–water partition coefficient (Wildman–Crippen LogP) is 0.307. The minimum atomic E-state index is -1.01. The monoisotopic (exact) mass is 281 g/mol. The normalized spacial score (nSPS) is 14.2. The van der Waals surface area contributed by atoms with E-state index in [0.29, 0.717) is 11.0 Å². The molecule has 0 aliphatic heterocycles. The van der Waals surface area contributed by atoms with Crippen molar-refractivity contribution >= 4 is 11.5 Å². The van der Waals surface area contributed by atoms with E-state index in [1.165, 1.54) is 0 Å². The van der Waals surface area contributed by atoms with Gasteiger partial charge in [-0.05, 0) is 19.3 Å². The Kier molecular flexibility index (Phi) is 3.82. The summed E-state index contributed by atoms with van der Waals surface area (Å²) in [6.45, 7) is 1.69. The zero-order valence-corrected chi connectivity index (χ0v) is 11.1. The van der Waals surface area contributed by atoms with Crippen molar-refractivity contribution in [1.82, 2.24) is 9.13 Å². The lowest BCUT2D eigenvalue weighted by Crippen LogP contribution is -2.42. The molecule has 1 aliphatic carbocycles. The molecule has 1 aromatic heterocycles. The molecule has 0 saturated heterocycles. The van der Waals surface area contributed by atoms with Crippen LogP contribution < -0.4 is 11.2 Å². The molecule has 108 valence electrons. The topological polar surface area (TPSA) is 104 Å². The molecule has 0 unspecified atom stereocenters. The van der Waals surface area contributed by atoms with Gasteiger partial charge in [-0.25, -0.2) is 9.36 Å². The summed E-state index contributed by atoms with van der Waals surface area (Å²) >= 11 is 0. The maximum Gasteiger partial charge on any atom is 0.350 e. The third-order valence-electron chi connectivity index (χ3n) is 3.23. The fraction of sp³-hybridized carbons (Fsp3) is 0.583. The lowest BCUT2D eigenvalue weighted by Gasteiger charge is -2.08. The minimum Gasteiger partial charge on any atom is -0.297 e. The van der Waals surface area contributed by atoms with Crippen molar-refractivity contribution in [2.75, 3.05) is 0 Å². The molecule has 0 radical (unpaired) electrons. The van der Waals surface area contributed by atoms with Crippen molar-refractivity contribution in [3.05, 3.63) is 37.1 Å². The first-order valence-electron chi connectivity index (χ1n) is 6.47. The Hall–Kier alpha value is -2.25. The summed E-state index contributed by atoms with van der Waals surface area (Å²) in [5.74, 6) is -0.326. The van der Waals surface area contributed by atoms with Gasteiger partial charge in [-0.2, -0.15) is 0 Å². The third-order valence-corrected chi connectivity index (χ3v) is 3.23. The Morgan fingerprint density at radius 3 is 2.60 bits per heavy atom. The highest BCUT2D eigenvalue weighted by Gasteiger charge is 2.31. The van der Waals surface area contributed by atoms with E-state index in [1.54, 1.807) is 0 Å². The molecule has 0 bridgehead atoms. The molecule has 8 nitrogen and oxygen atoms in total. The molecule has 8 heteroatoms. The van der Waals surface area contributed by atoms with Gasteiger partial charge in [0.25, 0.3) is 0 Å².